The molecule has 4 atom stereocenters. The number of carboxylic acid groups (broad SMARTS) is 1. The van der Waals surface area contributed by atoms with Crippen LogP contribution < -0.4 is 5.32 Å². The first kappa shape index (κ1) is 21.3. The van der Waals surface area contributed by atoms with Crippen LogP contribution in [0, 0.1) is 11.8 Å². The Balaban J connectivity index is 1.51. The van der Waals surface area contributed by atoms with Gasteiger partial charge in [-0.1, -0.05) is 78.9 Å². The summed E-state index contributed by atoms with van der Waals surface area (Å²) in [7, 11) is 0. The lowest BCUT2D eigenvalue weighted by Crippen LogP contribution is -2.53. The Morgan fingerprint density at radius 1 is 0.914 bits per heavy atom. The molecule has 1 aromatic heterocycles. The maximum Gasteiger partial charge on any atom is 0.329 e. The number of amides is 2. The van der Waals surface area contributed by atoms with Crippen molar-refractivity contribution in [1.29, 1.82) is 0 Å². The van der Waals surface area contributed by atoms with Gasteiger partial charge in [-0.3, -0.25) is 19.8 Å². The molecule has 0 spiro atoms. The number of carbonyl (C=O) groups is 3. The van der Waals surface area contributed by atoms with E-state index in [2.05, 4.69) is 5.32 Å². The molecule has 2 fully saturated rings. The Kier molecular flexibility index (Phi) is 4.82. The average Bonchev–Trinajstić information content (AvgIpc) is 3.54. The Morgan fingerprint density at radius 2 is 1.57 bits per heavy atom. The molecule has 2 aliphatic rings. The van der Waals surface area contributed by atoms with Gasteiger partial charge >= 0.3 is 5.97 Å². The highest BCUT2D eigenvalue weighted by atomic mass is 16.4. The van der Waals surface area contributed by atoms with Crippen molar-refractivity contribution in [3.63, 3.8) is 0 Å². The van der Waals surface area contributed by atoms with Crippen molar-refractivity contribution in [2.24, 2.45) is 11.8 Å². The lowest BCUT2D eigenvalue weighted by Gasteiger charge is -2.31. The average molecular weight is 466 g/mol. The number of fused-ring (bicyclic) bond motifs is 2. The summed E-state index contributed by atoms with van der Waals surface area (Å²) in [6, 6.07) is 26.3. The molecule has 174 valence electrons. The summed E-state index contributed by atoms with van der Waals surface area (Å²) in [4.78, 5) is 41.7. The summed E-state index contributed by atoms with van der Waals surface area (Å²) in [5, 5.41) is 14.6. The molecule has 6 rings (SSSR count). The van der Waals surface area contributed by atoms with Crippen molar-refractivity contribution in [3.05, 3.63) is 108 Å². The maximum atomic E-state index is 13.8. The number of nitrogens with zero attached hydrogens (tertiary/aromatic N) is 1. The number of likely N-dealkylation sites (tertiary alicyclic amines) is 1. The number of para-hydroxylation sites is 1. The van der Waals surface area contributed by atoms with Crippen molar-refractivity contribution in [1.82, 2.24) is 10.2 Å². The largest absolute Gasteiger partial charge is 0.480 e. The van der Waals surface area contributed by atoms with E-state index in [1.807, 2.05) is 60.7 Å². The molecule has 3 aromatic carbocycles. The molecule has 3 heterocycles. The number of carbonyl (C=O) groups excluding carboxylic acids is 2. The van der Waals surface area contributed by atoms with E-state index in [0.29, 0.717) is 16.9 Å². The van der Waals surface area contributed by atoms with E-state index in [4.69, 9.17) is 4.42 Å². The minimum atomic E-state index is -1.78. The predicted molar refractivity (Wildman–Crippen MR) is 127 cm³/mol. The molecule has 2 aliphatic heterocycles. The number of aliphatic carboxylic acids is 1. The van der Waals surface area contributed by atoms with Crippen LogP contribution in [0.1, 0.15) is 22.9 Å². The van der Waals surface area contributed by atoms with Gasteiger partial charge in [0.1, 0.15) is 11.3 Å². The number of nitrogens with one attached hydrogen (secondary N) is 1. The molecule has 2 N–H and O–H groups in total. The van der Waals surface area contributed by atoms with E-state index in [1.165, 1.54) is 4.90 Å². The van der Waals surface area contributed by atoms with Crippen LogP contribution in [0.4, 0.5) is 0 Å². The Labute approximate surface area is 201 Å². The van der Waals surface area contributed by atoms with Crippen LogP contribution in [0.25, 0.3) is 11.0 Å². The van der Waals surface area contributed by atoms with Gasteiger partial charge in [0.15, 0.2) is 5.54 Å². The van der Waals surface area contributed by atoms with Gasteiger partial charge in [0.2, 0.25) is 11.8 Å². The standard InChI is InChI=1S/C28H22N2O5/c31-25-22-23(26(32)30(25)16-17-9-3-1-4-10-17)28(27(33)34,19-12-5-2-6-13-19)29-24(22)21-15-18-11-7-8-14-20(18)35-21/h1-15,22-24,29H,16H2,(H,33,34). The first-order valence-corrected chi connectivity index (χ1v) is 11.4. The van der Waals surface area contributed by atoms with Gasteiger partial charge in [-0.25, -0.2) is 4.79 Å². The lowest BCUT2D eigenvalue weighted by atomic mass is 9.75. The Hall–Kier alpha value is -4.23. The van der Waals surface area contributed by atoms with Gasteiger partial charge in [-0.2, -0.15) is 0 Å². The first-order chi connectivity index (χ1) is 17.0. The quantitative estimate of drug-likeness (QED) is 0.434. The van der Waals surface area contributed by atoms with Gasteiger partial charge in [0.25, 0.3) is 0 Å². The summed E-state index contributed by atoms with van der Waals surface area (Å²) in [6.45, 7) is 0.0862. The van der Waals surface area contributed by atoms with Crippen LogP contribution in [-0.2, 0) is 26.5 Å². The van der Waals surface area contributed by atoms with Crippen molar-refractivity contribution >= 4 is 28.8 Å². The van der Waals surface area contributed by atoms with E-state index in [9.17, 15) is 19.5 Å². The molecule has 4 aromatic rings. The van der Waals surface area contributed by atoms with Crippen molar-refractivity contribution < 1.29 is 23.9 Å². The zero-order valence-corrected chi connectivity index (χ0v) is 18.6. The van der Waals surface area contributed by atoms with Crippen molar-refractivity contribution in [2.45, 2.75) is 18.1 Å². The number of furan rings is 1. The second-order valence-corrected chi connectivity index (χ2v) is 9.04. The van der Waals surface area contributed by atoms with Crippen molar-refractivity contribution in [2.75, 3.05) is 0 Å². The second kappa shape index (κ2) is 7.92. The van der Waals surface area contributed by atoms with Crippen LogP contribution in [0.2, 0.25) is 0 Å². The molecule has 0 saturated carbocycles. The van der Waals surface area contributed by atoms with E-state index in [0.717, 1.165) is 10.9 Å². The van der Waals surface area contributed by atoms with Crippen LogP contribution in [-0.4, -0.2) is 27.8 Å². The fourth-order valence-electron chi connectivity index (χ4n) is 5.57. The predicted octanol–water partition coefficient (Wildman–Crippen LogP) is 3.86. The molecule has 0 aliphatic carbocycles. The summed E-state index contributed by atoms with van der Waals surface area (Å²) in [5.41, 5.74) is 0.0616. The molecule has 0 radical (unpaired) electrons. The molecule has 7 heteroatoms. The van der Waals surface area contributed by atoms with Crippen molar-refractivity contribution in [3.8, 4) is 0 Å². The SMILES string of the molecule is O=C1C2C(c3cc4ccccc4o3)NC(C(=O)O)(c3ccccc3)C2C(=O)N1Cc1ccccc1. The highest BCUT2D eigenvalue weighted by Crippen LogP contribution is 2.53. The summed E-state index contributed by atoms with van der Waals surface area (Å²) in [5.74, 6) is -3.73. The third kappa shape index (κ3) is 3.12. The van der Waals surface area contributed by atoms with E-state index >= 15 is 0 Å². The summed E-state index contributed by atoms with van der Waals surface area (Å²) in [6.07, 6.45) is 0. The molecule has 2 saturated heterocycles. The Bertz CT molecular complexity index is 1420. The molecule has 4 unspecified atom stereocenters. The third-order valence-electron chi connectivity index (χ3n) is 7.15. The third-order valence-corrected chi connectivity index (χ3v) is 7.15. The molecular formula is C28H22N2O5. The number of benzene rings is 3. The van der Waals surface area contributed by atoms with E-state index < -0.39 is 41.2 Å². The monoisotopic (exact) mass is 466 g/mol. The summed E-state index contributed by atoms with van der Waals surface area (Å²) < 4.78 is 6.07. The van der Waals surface area contributed by atoms with Crippen LogP contribution in [0.5, 0.6) is 0 Å². The minimum Gasteiger partial charge on any atom is -0.480 e. The minimum absolute atomic E-state index is 0.0862. The number of rotatable bonds is 5. The molecule has 2 amide bonds. The normalized spacial score (nSPS) is 25.8. The summed E-state index contributed by atoms with van der Waals surface area (Å²) >= 11 is 0. The fraction of sp³-hybridized carbons (Fsp3) is 0.179. The zero-order chi connectivity index (χ0) is 24.2. The van der Waals surface area contributed by atoms with Crippen LogP contribution in [0.15, 0.2) is 95.4 Å². The lowest BCUT2D eigenvalue weighted by molar-refractivity contribution is -0.152. The maximum absolute atomic E-state index is 13.8. The van der Waals surface area contributed by atoms with Gasteiger partial charge in [-0.15, -0.1) is 0 Å². The smallest absolute Gasteiger partial charge is 0.329 e. The highest BCUT2D eigenvalue weighted by molar-refractivity contribution is 6.09. The fourth-order valence-corrected chi connectivity index (χ4v) is 5.57. The number of hydrogen-bond acceptors (Lipinski definition) is 5. The van der Waals surface area contributed by atoms with Gasteiger partial charge < -0.3 is 9.52 Å². The second-order valence-electron chi connectivity index (χ2n) is 9.04. The van der Waals surface area contributed by atoms with Crippen LogP contribution >= 0.6 is 0 Å². The van der Waals surface area contributed by atoms with Crippen LogP contribution in [0.3, 0.4) is 0 Å². The highest BCUT2D eigenvalue weighted by Gasteiger charge is 2.69. The van der Waals surface area contributed by atoms with E-state index in [1.54, 1.807) is 30.3 Å². The number of imide groups is 1. The van der Waals surface area contributed by atoms with Gasteiger partial charge in [-0.05, 0) is 23.3 Å². The van der Waals surface area contributed by atoms with E-state index in [-0.39, 0.29) is 6.54 Å². The molecular weight excluding hydrogens is 444 g/mol. The number of carboxylic acids is 1. The Morgan fingerprint density at radius 3 is 2.26 bits per heavy atom. The molecule has 35 heavy (non-hydrogen) atoms. The zero-order valence-electron chi connectivity index (χ0n) is 18.6. The molecule has 7 nitrogen and oxygen atoms in total. The molecule has 0 bridgehead atoms. The topological polar surface area (TPSA) is 99.9 Å². The first-order valence-electron chi connectivity index (χ1n) is 11.4. The van der Waals surface area contributed by atoms with Gasteiger partial charge in [0, 0.05) is 5.39 Å². The van der Waals surface area contributed by atoms with Gasteiger partial charge in [0.05, 0.1) is 24.4 Å². The number of hydrogen-bond donors (Lipinski definition) is 2.